The van der Waals surface area contributed by atoms with Crippen LogP contribution in [0.4, 0.5) is 0 Å². The molecule has 1 saturated carbocycles. The average molecular weight is 634 g/mol. The number of carbonyl (C=O) groups excluding carboxylic acids is 3. The van der Waals surface area contributed by atoms with Crippen molar-refractivity contribution in [2.24, 2.45) is 11.8 Å². The first kappa shape index (κ1) is 39.1. The van der Waals surface area contributed by atoms with Gasteiger partial charge < -0.3 is 38.1 Å². The van der Waals surface area contributed by atoms with E-state index in [1.807, 2.05) is 33.3 Å². The van der Waals surface area contributed by atoms with Crippen molar-refractivity contribution in [1.29, 1.82) is 0 Å². The van der Waals surface area contributed by atoms with Crippen LogP contribution >= 0.6 is 7.82 Å². The largest absolute Gasteiger partial charge is 0.756 e. The fourth-order valence-corrected chi connectivity index (χ4v) is 5.15. The van der Waals surface area contributed by atoms with Gasteiger partial charge in [0.25, 0.3) is 7.82 Å². The summed E-state index contributed by atoms with van der Waals surface area (Å²) in [5.74, 6) is -1.97. The van der Waals surface area contributed by atoms with Gasteiger partial charge in [-0.25, -0.2) is 0 Å². The summed E-state index contributed by atoms with van der Waals surface area (Å²) in [5.41, 5.74) is 0. The number of Topliss-reactive ketones (excluding diaryl/α,β-unsaturated/α-hetero) is 1. The number of aliphatic hydroxyl groups is 2. The first-order valence-electron chi connectivity index (χ1n) is 15.1. The Hall–Kier alpha value is -1.92. The molecule has 1 fully saturated rings. The number of hydrogen-bond donors (Lipinski definition) is 2. The molecule has 0 spiro atoms. The van der Waals surface area contributed by atoms with Gasteiger partial charge >= 0.3 is 11.9 Å². The van der Waals surface area contributed by atoms with Gasteiger partial charge in [0.15, 0.2) is 6.10 Å². The minimum absolute atomic E-state index is 0.0155. The third-order valence-electron chi connectivity index (χ3n) is 6.90. The van der Waals surface area contributed by atoms with E-state index < -0.39 is 44.7 Å². The number of esters is 2. The van der Waals surface area contributed by atoms with Crippen LogP contribution in [0.15, 0.2) is 24.3 Å². The Balaban J connectivity index is 2.51. The topological polar surface area (TPSA) is 169 Å². The molecule has 1 unspecified atom stereocenters. The standard InChI is InChI=1S/C30H52NO11P/c1-6-7-10-13-24(33)16-17-27-26(28(34)20-29(27)35)14-11-8-9-12-15-30(36)42-25(21-39-23(2)32)22-41-43(37,38)40-19-18-31(3,4)5/h8,11,16-17,24-27,29,33,35H,6-7,9-10,12-15,18-22H2,1-5H3/b11-8-,17-16+/t24-,25+,26+,27+,29+/m0/s1. The molecule has 0 aliphatic heterocycles. The lowest BCUT2D eigenvalue weighted by Gasteiger charge is -2.28. The van der Waals surface area contributed by atoms with E-state index in [-0.39, 0.29) is 43.7 Å². The van der Waals surface area contributed by atoms with Crippen molar-refractivity contribution >= 4 is 25.5 Å². The summed E-state index contributed by atoms with van der Waals surface area (Å²) in [6, 6.07) is 0. The van der Waals surface area contributed by atoms with Crippen molar-refractivity contribution in [3.05, 3.63) is 24.3 Å². The van der Waals surface area contributed by atoms with E-state index in [4.69, 9.17) is 18.5 Å². The highest BCUT2D eigenvalue weighted by molar-refractivity contribution is 7.45. The summed E-state index contributed by atoms with van der Waals surface area (Å²) < 4.78 is 32.4. The van der Waals surface area contributed by atoms with E-state index >= 15 is 0 Å². The summed E-state index contributed by atoms with van der Waals surface area (Å²) in [7, 11) is 0.984. The molecule has 0 bridgehead atoms. The van der Waals surface area contributed by atoms with E-state index in [0.717, 1.165) is 19.3 Å². The lowest BCUT2D eigenvalue weighted by molar-refractivity contribution is -0.870. The van der Waals surface area contributed by atoms with E-state index in [1.165, 1.54) is 6.92 Å². The fourth-order valence-electron chi connectivity index (χ4n) is 4.42. The number of hydrogen-bond acceptors (Lipinski definition) is 11. The Bertz CT molecular complexity index is 962. The highest BCUT2D eigenvalue weighted by atomic mass is 31.2. The Labute approximate surface area is 256 Å². The highest BCUT2D eigenvalue weighted by Gasteiger charge is 2.39. The molecule has 6 atom stereocenters. The van der Waals surface area contributed by atoms with Crippen LogP contribution in [0.2, 0.25) is 0 Å². The van der Waals surface area contributed by atoms with Crippen LogP contribution < -0.4 is 4.89 Å². The number of ether oxygens (including phenoxy) is 2. The number of aliphatic hydroxyl groups excluding tert-OH is 2. The Morgan fingerprint density at radius 2 is 1.86 bits per heavy atom. The van der Waals surface area contributed by atoms with Gasteiger partial charge in [-0.1, -0.05) is 50.5 Å². The molecule has 0 radical (unpaired) electrons. The number of allylic oxidation sites excluding steroid dienone is 2. The summed E-state index contributed by atoms with van der Waals surface area (Å²) in [5, 5.41) is 20.5. The number of unbranched alkanes of at least 4 members (excludes halogenated alkanes) is 3. The van der Waals surface area contributed by atoms with Gasteiger partial charge in [-0.05, 0) is 25.7 Å². The van der Waals surface area contributed by atoms with Crippen LogP contribution in [0.5, 0.6) is 0 Å². The molecule has 0 aromatic rings. The van der Waals surface area contributed by atoms with Gasteiger partial charge in [-0.15, -0.1) is 0 Å². The minimum Gasteiger partial charge on any atom is -0.756 e. The molecule has 43 heavy (non-hydrogen) atoms. The van der Waals surface area contributed by atoms with Crippen LogP contribution in [0.25, 0.3) is 0 Å². The van der Waals surface area contributed by atoms with E-state index in [1.54, 1.807) is 12.2 Å². The van der Waals surface area contributed by atoms with Crippen LogP contribution in [-0.4, -0.2) is 98.2 Å². The lowest BCUT2D eigenvalue weighted by Crippen LogP contribution is -2.37. The van der Waals surface area contributed by atoms with Crippen molar-refractivity contribution in [2.75, 3.05) is 47.5 Å². The van der Waals surface area contributed by atoms with Crippen molar-refractivity contribution < 1.29 is 57.1 Å². The van der Waals surface area contributed by atoms with Gasteiger partial charge in [0.2, 0.25) is 0 Å². The third-order valence-corrected chi connectivity index (χ3v) is 7.86. The number of phosphoric acid groups is 1. The zero-order chi connectivity index (χ0) is 32.5. The van der Waals surface area contributed by atoms with Gasteiger partial charge in [-0.3, -0.25) is 18.9 Å². The van der Waals surface area contributed by atoms with Gasteiger partial charge in [0.05, 0.1) is 40.0 Å². The zero-order valence-corrected chi connectivity index (χ0v) is 27.2. The fraction of sp³-hybridized carbons (Fsp3) is 0.767. The molecule has 0 aromatic heterocycles. The first-order chi connectivity index (χ1) is 20.1. The molecule has 13 heteroatoms. The number of nitrogens with zero attached hydrogens (tertiary/aromatic N) is 1. The number of ketones is 1. The summed E-state index contributed by atoms with van der Waals surface area (Å²) in [4.78, 5) is 48.0. The zero-order valence-electron chi connectivity index (χ0n) is 26.4. The number of rotatable bonds is 22. The van der Waals surface area contributed by atoms with Crippen LogP contribution in [0.3, 0.4) is 0 Å². The van der Waals surface area contributed by atoms with E-state index in [2.05, 4.69) is 6.92 Å². The SMILES string of the molecule is CCCCC[C@H](O)/C=C/[C@H]1[C@H](O)CC(=O)[C@@H]1C/C=C\CCCC(=O)O[C@H](COC(C)=O)COP(=O)([O-])OCC[N+](C)(C)C. The first-order valence-corrected chi connectivity index (χ1v) is 16.5. The maximum Gasteiger partial charge on any atom is 0.306 e. The number of quaternary nitrogens is 1. The molecule has 2 N–H and O–H groups in total. The Morgan fingerprint density at radius 1 is 1.14 bits per heavy atom. The number of phosphoric ester groups is 1. The highest BCUT2D eigenvalue weighted by Crippen LogP contribution is 2.38. The molecule has 0 aromatic carbocycles. The Kier molecular flexibility index (Phi) is 18.3. The van der Waals surface area contributed by atoms with Crippen LogP contribution in [-0.2, 0) is 37.5 Å². The molecule has 248 valence electrons. The molecule has 0 saturated heterocycles. The third kappa shape index (κ3) is 18.5. The quantitative estimate of drug-likeness (QED) is 0.0591. The molecule has 1 rings (SSSR count). The smallest absolute Gasteiger partial charge is 0.306 e. The average Bonchev–Trinajstić information content (AvgIpc) is 3.17. The number of likely N-dealkylation sites (N-methyl/N-ethyl adjacent to an activating group) is 1. The Morgan fingerprint density at radius 3 is 2.51 bits per heavy atom. The van der Waals surface area contributed by atoms with Gasteiger partial charge in [-0.2, -0.15) is 0 Å². The van der Waals surface area contributed by atoms with Crippen LogP contribution in [0, 0.1) is 11.8 Å². The van der Waals surface area contributed by atoms with E-state index in [0.29, 0.717) is 36.7 Å². The molecule has 0 amide bonds. The van der Waals surface area contributed by atoms with Gasteiger partial charge in [0.1, 0.15) is 25.5 Å². The predicted molar refractivity (Wildman–Crippen MR) is 158 cm³/mol. The van der Waals surface area contributed by atoms with Crippen LogP contribution in [0.1, 0.15) is 71.6 Å². The normalized spacial score (nSPS) is 22.1. The lowest BCUT2D eigenvalue weighted by atomic mass is 9.90. The molecular formula is C30H52NO11P. The second-order valence-corrected chi connectivity index (χ2v) is 13.4. The van der Waals surface area contributed by atoms with E-state index in [9.17, 15) is 34.1 Å². The van der Waals surface area contributed by atoms with Crippen molar-refractivity contribution in [3.63, 3.8) is 0 Å². The molecular weight excluding hydrogens is 581 g/mol. The maximum absolute atomic E-state index is 12.4. The molecule has 12 nitrogen and oxygen atoms in total. The second kappa shape index (κ2) is 20.2. The minimum atomic E-state index is -4.65. The summed E-state index contributed by atoms with van der Waals surface area (Å²) in [6.45, 7) is 2.69. The summed E-state index contributed by atoms with van der Waals surface area (Å²) in [6.07, 6.45) is 9.84. The molecule has 1 aliphatic carbocycles. The second-order valence-electron chi connectivity index (χ2n) is 12.0. The van der Waals surface area contributed by atoms with Crippen molar-refractivity contribution in [1.82, 2.24) is 0 Å². The van der Waals surface area contributed by atoms with Crippen molar-refractivity contribution in [2.45, 2.75) is 89.9 Å². The maximum atomic E-state index is 12.4. The molecule has 1 aliphatic rings. The van der Waals surface area contributed by atoms with Crippen molar-refractivity contribution in [3.8, 4) is 0 Å². The summed E-state index contributed by atoms with van der Waals surface area (Å²) >= 11 is 0. The number of carbonyl (C=O) groups is 3. The molecule has 0 heterocycles. The monoisotopic (exact) mass is 633 g/mol. The predicted octanol–water partition coefficient (Wildman–Crippen LogP) is 2.85. The van der Waals surface area contributed by atoms with Gasteiger partial charge in [0, 0.05) is 31.6 Å².